The summed E-state index contributed by atoms with van der Waals surface area (Å²) in [5.74, 6) is 7.19. The van der Waals surface area contributed by atoms with Gasteiger partial charge in [-0.2, -0.15) is 0 Å². The highest BCUT2D eigenvalue weighted by Crippen LogP contribution is 2.23. The molecule has 0 aliphatic carbocycles. The maximum atomic E-state index is 5.45. The molecule has 1 aromatic heterocycles. The number of rotatable bonds is 3. The van der Waals surface area contributed by atoms with Crippen molar-refractivity contribution in [3.05, 3.63) is 11.9 Å². The van der Waals surface area contributed by atoms with Gasteiger partial charge in [-0.15, -0.1) is 0 Å². The molecule has 0 amide bonds. The number of nitrogen functional groups attached to an aromatic ring is 1. The minimum Gasteiger partial charge on any atom is -0.354 e. The molecule has 16 heavy (non-hydrogen) atoms. The quantitative estimate of drug-likeness (QED) is 0.483. The van der Waals surface area contributed by atoms with E-state index >= 15 is 0 Å². The van der Waals surface area contributed by atoms with E-state index in [-0.39, 0.29) is 0 Å². The molecule has 0 radical (unpaired) electrons. The van der Waals surface area contributed by atoms with Crippen LogP contribution in [-0.4, -0.2) is 36.1 Å². The summed E-state index contributed by atoms with van der Waals surface area (Å²) in [4.78, 5) is 10.8. The van der Waals surface area contributed by atoms with Crippen molar-refractivity contribution in [3.63, 3.8) is 0 Å². The standard InChI is InChI=1S/C10H18N6/c1-2-8-9(15-11)13-7-14-10(8)16-5-3-12-4-6-16/h7,12H,2-6,11H2,1H3,(H,13,14,15). The third kappa shape index (κ3) is 2.07. The maximum absolute atomic E-state index is 5.45. The molecule has 88 valence electrons. The minimum atomic E-state index is 0.728. The Bertz CT molecular complexity index is 347. The first-order chi connectivity index (χ1) is 7.86. The Morgan fingerprint density at radius 3 is 2.81 bits per heavy atom. The van der Waals surface area contributed by atoms with Gasteiger partial charge in [0.2, 0.25) is 0 Å². The predicted octanol–water partition coefficient (Wildman–Crippen LogP) is -0.266. The molecule has 0 aromatic carbocycles. The Morgan fingerprint density at radius 2 is 2.19 bits per heavy atom. The highest BCUT2D eigenvalue weighted by Gasteiger charge is 2.17. The predicted molar refractivity (Wildman–Crippen MR) is 64.3 cm³/mol. The maximum Gasteiger partial charge on any atom is 0.148 e. The summed E-state index contributed by atoms with van der Waals surface area (Å²) in [6, 6.07) is 0. The molecule has 1 aliphatic heterocycles. The van der Waals surface area contributed by atoms with Crippen LogP contribution in [0.2, 0.25) is 0 Å². The SMILES string of the molecule is CCc1c(NN)ncnc1N1CCNCC1. The summed E-state index contributed by atoms with van der Waals surface area (Å²) in [6.45, 7) is 6.05. The van der Waals surface area contributed by atoms with Crippen LogP contribution in [0, 0.1) is 0 Å². The van der Waals surface area contributed by atoms with Gasteiger partial charge in [0.1, 0.15) is 18.0 Å². The van der Waals surface area contributed by atoms with Crippen LogP contribution in [0.1, 0.15) is 12.5 Å². The fraction of sp³-hybridized carbons (Fsp3) is 0.600. The third-order valence-corrected chi connectivity index (χ3v) is 2.83. The summed E-state index contributed by atoms with van der Waals surface area (Å²) >= 11 is 0. The molecular formula is C10H18N6. The van der Waals surface area contributed by atoms with Gasteiger partial charge in [-0.1, -0.05) is 6.92 Å². The van der Waals surface area contributed by atoms with E-state index in [0.29, 0.717) is 0 Å². The largest absolute Gasteiger partial charge is 0.354 e. The number of nitrogens with one attached hydrogen (secondary N) is 2. The van der Waals surface area contributed by atoms with E-state index < -0.39 is 0 Å². The van der Waals surface area contributed by atoms with E-state index in [9.17, 15) is 0 Å². The van der Waals surface area contributed by atoms with Crippen LogP contribution < -0.4 is 21.5 Å². The molecule has 1 aliphatic rings. The van der Waals surface area contributed by atoms with E-state index in [1.54, 1.807) is 6.33 Å². The van der Waals surface area contributed by atoms with Gasteiger partial charge in [0.15, 0.2) is 0 Å². The fourth-order valence-electron chi connectivity index (χ4n) is 2.00. The van der Waals surface area contributed by atoms with Gasteiger partial charge >= 0.3 is 0 Å². The fourth-order valence-corrected chi connectivity index (χ4v) is 2.00. The normalized spacial score (nSPS) is 16.2. The molecule has 0 unspecified atom stereocenters. The molecule has 1 saturated heterocycles. The van der Waals surface area contributed by atoms with Crippen molar-refractivity contribution in [1.29, 1.82) is 0 Å². The van der Waals surface area contributed by atoms with E-state index in [2.05, 4.69) is 32.5 Å². The molecule has 1 fully saturated rings. The number of piperazine rings is 1. The van der Waals surface area contributed by atoms with Crippen LogP contribution in [0.25, 0.3) is 0 Å². The number of aromatic nitrogens is 2. The molecule has 6 nitrogen and oxygen atoms in total. The third-order valence-electron chi connectivity index (χ3n) is 2.83. The van der Waals surface area contributed by atoms with Crippen LogP contribution in [0.4, 0.5) is 11.6 Å². The van der Waals surface area contributed by atoms with Crippen molar-refractivity contribution in [1.82, 2.24) is 15.3 Å². The Kier molecular flexibility index (Phi) is 3.53. The minimum absolute atomic E-state index is 0.728. The molecule has 0 bridgehead atoms. The molecule has 4 N–H and O–H groups in total. The number of nitrogens with zero attached hydrogens (tertiary/aromatic N) is 3. The number of nitrogens with two attached hydrogens (primary N) is 1. The van der Waals surface area contributed by atoms with Crippen molar-refractivity contribution in [3.8, 4) is 0 Å². The van der Waals surface area contributed by atoms with Crippen LogP contribution >= 0.6 is 0 Å². The second-order valence-electron chi connectivity index (χ2n) is 3.76. The molecule has 2 rings (SSSR count). The Labute approximate surface area is 95.2 Å². The van der Waals surface area contributed by atoms with Crippen molar-refractivity contribution in [2.75, 3.05) is 36.5 Å². The van der Waals surface area contributed by atoms with Crippen molar-refractivity contribution in [2.45, 2.75) is 13.3 Å². The number of anilines is 2. The Balaban J connectivity index is 2.30. The number of hydrazine groups is 1. The van der Waals surface area contributed by atoms with Gasteiger partial charge in [0.25, 0.3) is 0 Å². The van der Waals surface area contributed by atoms with Crippen LogP contribution in [-0.2, 0) is 6.42 Å². The summed E-state index contributed by atoms with van der Waals surface area (Å²) < 4.78 is 0. The van der Waals surface area contributed by atoms with Gasteiger partial charge in [0, 0.05) is 31.7 Å². The Hall–Kier alpha value is -1.40. The monoisotopic (exact) mass is 222 g/mol. The zero-order valence-electron chi connectivity index (χ0n) is 9.53. The summed E-state index contributed by atoms with van der Waals surface area (Å²) in [5.41, 5.74) is 3.72. The summed E-state index contributed by atoms with van der Waals surface area (Å²) in [5, 5.41) is 3.33. The molecule has 0 atom stereocenters. The van der Waals surface area contributed by atoms with Gasteiger partial charge in [-0.05, 0) is 6.42 Å². The van der Waals surface area contributed by atoms with E-state index in [4.69, 9.17) is 5.84 Å². The lowest BCUT2D eigenvalue weighted by Crippen LogP contribution is -2.44. The summed E-state index contributed by atoms with van der Waals surface area (Å²) in [7, 11) is 0. The van der Waals surface area contributed by atoms with Gasteiger partial charge in [-0.25, -0.2) is 15.8 Å². The first-order valence-electron chi connectivity index (χ1n) is 5.63. The first kappa shape index (κ1) is 11.1. The lowest BCUT2D eigenvalue weighted by molar-refractivity contribution is 0.583. The van der Waals surface area contributed by atoms with Crippen molar-refractivity contribution < 1.29 is 0 Å². The molecular weight excluding hydrogens is 204 g/mol. The highest BCUT2D eigenvalue weighted by atomic mass is 15.3. The number of hydrogen-bond donors (Lipinski definition) is 3. The van der Waals surface area contributed by atoms with Crippen LogP contribution in [0.15, 0.2) is 6.33 Å². The molecule has 0 saturated carbocycles. The Morgan fingerprint density at radius 1 is 1.44 bits per heavy atom. The molecule has 6 heteroatoms. The zero-order chi connectivity index (χ0) is 11.4. The number of hydrogen-bond acceptors (Lipinski definition) is 6. The molecule has 0 spiro atoms. The summed E-state index contributed by atoms with van der Waals surface area (Å²) in [6.07, 6.45) is 2.44. The average Bonchev–Trinajstić information content (AvgIpc) is 2.38. The first-order valence-corrected chi connectivity index (χ1v) is 5.63. The zero-order valence-corrected chi connectivity index (χ0v) is 9.53. The van der Waals surface area contributed by atoms with Gasteiger partial charge in [-0.3, -0.25) is 0 Å². The second-order valence-corrected chi connectivity index (χ2v) is 3.76. The average molecular weight is 222 g/mol. The van der Waals surface area contributed by atoms with Gasteiger partial charge in [0.05, 0.1) is 0 Å². The highest BCUT2D eigenvalue weighted by molar-refractivity contribution is 5.58. The van der Waals surface area contributed by atoms with Crippen LogP contribution in [0.3, 0.4) is 0 Å². The second kappa shape index (κ2) is 5.09. The lowest BCUT2D eigenvalue weighted by atomic mass is 10.2. The van der Waals surface area contributed by atoms with Gasteiger partial charge < -0.3 is 15.6 Å². The molecule has 2 heterocycles. The lowest BCUT2D eigenvalue weighted by Gasteiger charge is -2.30. The topological polar surface area (TPSA) is 79.1 Å². The smallest absolute Gasteiger partial charge is 0.148 e. The van der Waals surface area contributed by atoms with E-state index in [0.717, 1.165) is 49.8 Å². The van der Waals surface area contributed by atoms with E-state index in [1.165, 1.54) is 0 Å². The van der Waals surface area contributed by atoms with Crippen LogP contribution in [0.5, 0.6) is 0 Å². The van der Waals surface area contributed by atoms with Crippen molar-refractivity contribution >= 4 is 11.6 Å². The van der Waals surface area contributed by atoms with Crippen molar-refractivity contribution in [2.24, 2.45) is 5.84 Å². The molecule has 1 aromatic rings. The van der Waals surface area contributed by atoms with E-state index in [1.807, 2.05) is 0 Å².